The quantitative estimate of drug-likeness (QED) is 0.416. The van der Waals surface area contributed by atoms with Crippen LogP contribution >= 0.6 is 12.6 Å². The normalized spacial score (nSPS) is 5.00. The van der Waals surface area contributed by atoms with E-state index < -0.39 is 5.30 Å². The molecule has 0 amide bonds. The van der Waals surface area contributed by atoms with Crippen molar-refractivity contribution in [3.8, 4) is 0 Å². The monoisotopic (exact) mass is 176 g/mol. The fourth-order valence-corrected chi connectivity index (χ4v) is 0. The van der Waals surface area contributed by atoms with Crippen LogP contribution in [0.3, 0.4) is 0 Å². The molecule has 0 saturated carbocycles. The Morgan fingerprint density at radius 1 is 1.80 bits per heavy atom. The molecule has 0 aliphatic rings. The largest absolute Gasteiger partial charge is 0.473 e. The molecule has 30 valence electrons. The molecule has 1 N–H and O–H groups in total. The Bertz CT molecular complexity index is 32.6. The Kier molecular flexibility index (Phi) is 8.20. The number of hydrogen-bond acceptors (Lipinski definition) is 1. The van der Waals surface area contributed by atoms with E-state index in [2.05, 4.69) is 12.6 Å². The molecule has 5 heavy (non-hydrogen) atoms. The molecule has 0 bridgehead atoms. The summed E-state index contributed by atoms with van der Waals surface area (Å²) in [7, 11) is 0. The molecule has 0 aromatic rings. The van der Waals surface area contributed by atoms with Crippen molar-refractivity contribution in [2.75, 3.05) is 0 Å². The van der Waals surface area contributed by atoms with E-state index in [0.29, 0.717) is 0 Å². The zero-order valence-corrected chi connectivity index (χ0v) is 5.11. The van der Waals surface area contributed by atoms with Crippen molar-refractivity contribution >= 4 is 17.9 Å². The van der Waals surface area contributed by atoms with Gasteiger partial charge in [0.15, 0.2) is 0 Å². The van der Waals surface area contributed by atoms with Crippen LogP contribution < -0.4 is 0 Å². The molecule has 0 aliphatic heterocycles. The molecule has 0 aromatic carbocycles. The fourth-order valence-electron chi connectivity index (χ4n) is 0. The van der Waals surface area contributed by atoms with E-state index in [1.807, 2.05) is 0 Å². The minimum Gasteiger partial charge on any atom is -0.473 e. The van der Waals surface area contributed by atoms with Gasteiger partial charge in [0.05, 0.1) is 0 Å². The van der Waals surface area contributed by atoms with Crippen LogP contribution in [0, 0.1) is 0 Å². The molecule has 0 unspecified atom stereocenters. The topological polar surface area (TPSA) is 37.3 Å². The third kappa shape index (κ3) is 110. The van der Waals surface area contributed by atoms with Gasteiger partial charge in [-0.3, -0.25) is 0 Å². The van der Waals surface area contributed by atoms with E-state index in [1.165, 1.54) is 0 Å². The second-order valence-electron chi connectivity index (χ2n) is 0.283. The predicted octanol–water partition coefficient (Wildman–Crippen LogP) is 0.592. The first-order chi connectivity index (χ1) is 1.73. The predicted molar refractivity (Wildman–Crippen MR) is 17.0 cm³/mol. The van der Waals surface area contributed by atoms with Crippen molar-refractivity contribution in [2.45, 2.75) is 0 Å². The van der Waals surface area contributed by atoms with Crippen LogP contribution in [0.4, 0.5) is 4.79 Å². The third-order valence-electron chi connectivity index (χ3n) is 0. The van der Waals surface area contributed by atoms with Gasteiger partial charge < -0.3 is 5.11 Å². The maximum atomic E-state index is 8.86. The van der Waals surface area contributed by atoms with Gasteiger partial charge in [-0.15, -0.1) is 0 Å². The molecular weight excluding hydrogens is 172 g/mol. The van der Waals surface area contributed by atoms with E-state index in [0.717, 1.165) is 0 Å². The third-order valence-corrected chi connectivity index (χ3v) is 0. The van der Waals surface area contributed by atoms with Gasteiger partial charge in [-0.2, -0.15) is 0 Å². The fraction of sp³-hybridized carbons (Fsp3) is 0. The van der Waals surface area contributed by atoms with Gasteiger partial charge in [-0.1, -0.05) is 12.6 Å². The van der Waals surface area contributed by atoms with Gasteiger partial charge >= 0.3 is 5.30 Å². The van der Waals surface area contributed by atoms with E-state index in [4.69, 9.17) is 9.90 Å². The molecule has 2 nitrogen and oxygen atoms in total. The SMILES string of the molecule is O=C(O)S.[Mo]. The van der Waals surface area contributed by atoms with Gasteiger partial charge in [0.2, 0.25) is 0 Å². The minimum absolute atomic E-state index is 0. The summed E-state index contributed by atoms with van der Waals surface area (Å²) < 4.78 is 0. The first-order valence-electron chi connectivity index (χ1n) is 0.651. The Hall–Kier alpha value is 0.508. The molecule has 0 spiro atoms. The Labute approximate surface area is 49.2 Å². The van der Waals surface area contributed by atoms with Crippen molar-refractivity contribution < 1.29 is 31.0 Å². The van der Waals surface area contributed by atoms with Crippen LogP contribution in [-0.4, -0.2) is 10.4 Å². The van der Waals surface area contributed by atoms with Crippen molar-refractivity contribution in [2.24, 2.45) is 0 Å². The number of hydrogen-bond donors (Lipinski definition) is 2. The van der Waals surface area contributed by atoms with Crippen molar-refractivity contribution in [3.05, 3.63) is 0 Å². The second-order valence-corrected chi connectivity index (χ2v) is 0.665. The van der Waals surface area contributed by atoms with Crippen molar-refractivity contribution in [1.82, 2.24) is 0 Å². The van der Waals surface area contributed by atoms with Gasteiger partial charge in [0.1, 0.15) is 0 Å². The Morgan fingerprint density at radius 2 is 1.80 bits per heavy atom. The van der Waals surface area contributed by atoms with Crippen LogP contribution in [0.15, 0.2) is 0 Å². The zero-order valence-electron chi connectivity index (χ0n) is 2.21. The van der Waals surface area contributed by atoms with Gasteiger partial charge in [0, 0.05) is 21.1 Å². The first-order valence-corrected chi connectivity index (χ1v) is 1.10. The second kappa shape index (κ2) is 4.51. The standard InChI is InChI=1S/CH2O2S.Mo/c2-1(3)4;/h4H,(H,2,3);. The maximum absolute atomic E-state index is 8.86. The first kappa shape index (κ1) is 9.10. The average Bonchev–Trinajstić information content (AvgIpc) is 0.811. The molecule has 0 atom stereocenters. The van der Waals surface area contributed by atoms with Crippen LogP contribution in [0.2, 0.25) is 0 Å². The summed E-state index contributed by atoms with van der Waals surface area (Å²) >= 11 is 2.88. The number of thiol groups is 1. The summed E-state index contributed by atoms with van der Waals surface area (Å²) in [4.78, 5) is 8.86. The van der Waals surface area contributed by atoms with E-state index in [-0.39, 0.29) is 21.1 Å². The Balaban J connectivity index is 0. The average molecular weight is 174 g/mol. The molecule has 0 saturated heterocycles. The van der Waals surface area contributed by atoms with E-state index in [9.17, 15) is 0 Å². The maximum Gasteiger partial charge on any atom is 0.361 e. The molecule has 0 heterocycles. The Morgan fingerprint density at radius 3 is 1.80 bits per heavy atom. The van der Waals surface area contributed by atoms with Crippen LogP contribution in [0.1, 0.15) is 0 Å². The van der Waals surface area contributed by atoms with Crippen molar-refractivity contribution in [1.29, 1.82) is 0 Å². The number of rotatable bonds is 0. The zero-order chi connectivity index (χ0) is 3.58. The van der Waals surface area contributed by atoms with E-state index in [1.54, 1.807) is 0 Å². The summed E-state index contributed by atoms with van der Waals surface area (Å²) in [6, 6.07) is 0. The number of carboxylic acid groups (broad SMARTS) is 1. The van der Waals surface area contributed by atoms with Gasteiger partial charge in [-0.05, 0) is 0 Å². The minimum atomic E-state index is -1.14. The van der Waals surface area contributed by atoms with Crippen LogP contribution in [0.5, 0.6) is 0 Å². The summed E-state index contributed by atoms with van der Waals surface area (Å²) in [5, 5.41) is 6.14. The molecule has 0 aromatic heterocycles. The van der Waals surface area contributed by atoms with E-state index >= 15 is 0 Å². The van der Waals surface area contributed by atoms with Crippen LogP contribution in [0.25, 0.3) is 0 Å². The summed E-state index contributed by atoms with van der Waals surface area (Å²) in [6.45, 7) is 0. The molecule has 0 rings (SSSR count). The molecule has 0 aliphatic carbocycles. The molecule has 0 radical (unpaired) electrons. The van der Waals surface area contributed by atoms with Gasteiger partial charge in [0.25, 0.3) is 0 Å². The smallest absolute Gasteiger partial charge is 0.361 e. The molecular formula is CH2MoO2S. The molecule has 0 fully saturated rings. The number of carbonyl (C=O) groups is 1. The summed E-state index contributed by atoms with van der Waals surface area (Å²) in [5.74, 6) is 0. The summed E-state index contributed by atoms with van der Waals surface area (Å²) in [5.41, 5.74) is 0. The van der Waals surface area contributed by atoms with Crippen LogP contribution in [-0.2, 0) is 21.1 Å². The molecule has 4 heteroatoms. The van der Waals surface area contributed by atoms with Gasteiger partial charge in [-0.25, -0.2) is 4.79 Å². The van der Waals surface area contributed by atoms with Crippen molar-refractivity contribution in [3.63, 3.8) is 0 Å². The summed E-state index contributed by atoms with van der Waals surface area (Å²) in [6.07, 6.45) is 0.